The minimum Gasteiger partial charge on any atom is -0.347 e. The van der Waals surface area contributed by atoms with Crippen LogP contribution in [0.4, 0.5) is 5.82 Å². The van der Waals surface area contributed by atoms with E-state index in [0.717, 1.165) is 4.57 Å². The van der Waals surface area contributed by atoms with Gasteiger partial charge in [0.05, 0.1) is 0 Å². The number of anilines is 1. The van der Waals surface area contributed by atoms with Gasteiger partial charge in [0.2, 0.25) is 5.82 Å². The smallest absolute Gasteiger partial charge is 0.346 e. The molecule has 1 aliphatic heterocycles. The van der Waals surface area contributed by atoms with Gasteiger partial charge in [-0.2, -0.15) is 0 Å². The van der Waals surface area contributed by atoms with Crippen molar-refractivity contribution in [3.8, 4) is 0 Å². The van der Waals surface area contributed by atoms with Crippen LogP contribution in [0.25, 0.3) is 0 Å². The quantitative estimate of drug-likeness (QED) is 0.671. The van der Waals surface area contributed by atoms with E-state index in [2.05, 4.69) is 24.3 Å². The highest BCUT2D eigenvalue weighted by Crippen LogP contribution is 2.09. The number of rotatable bonds is 1. The van der Waals surface area contributed by atoms with Crippen LogP contribution in [0.3, 0.4) is 0 Å². The lowest BCUT2D eigenvalue weighted by Crippen LogP contribution is -2.56. The van der Waals surface area contributed by atoms with Crippen molar-refractivity contribution in [3.05, 3.63) is 20.8 Å². The lowest BCUT2D eigenvalue weighted by Gasteiger charge is -2.36. The largest absolute Gasteiger partial charge is 0.347 e. The topological polar surface area (TPSA) is 72.2 Å². The summed E-state index contributed by atoms with van der Waals surface area (Å²) in [4.78, 5) is 25.6. The molecule has 2 heterocycles. The first-order valence-corrected chi connectivity index (χ1v) is 6.05. The summed E-state index contributed by atoms with van der Waals surface area (Å²) in [5.41, 5.74) is -0.737. The van der Waals surface area contributed by atoms with Crippen LogP contribution >= 0.6 is 0 Å². The molecule has 1 aromatic rings. The van der Waals surface area contributed by atoms with Crippen molar-refractivity contribution in [1.29, 1.82) is 0 Å². The van der Waals surface area contributed by atoms with Crippen LogP contribution in [0, 0.1) is 0 Å². The lowest BCUT2D eigenvalue weighted by atomic mass is 10.1. The number of aromatic nitrogens is 3. The van der Waals surface area contributed by atoms with Crippen LogP contribution in [0.2, 0.25) is 0 Å². The Hall–Kier alpha value is -1.63. The highest BCUT2D eigenvalue weighted by molar-refractivity contribution is 5.36. The van der Waals surface area contributed by atoms with Crippen molar-refractivity contribution >= 4 is 5.82 Å². The minimum atomic E-state index is -0.403. The molecule has 1 saturated heterocycles. The molecule has 7 nitrogen and oxygen atoms in total. The highest BCUT2D eigenvalue weighted by atomic mass is 16.2. The summed E-state index contributed by atoms with van der Waals surface area (Å²) in [5, 5.41) is 7.49. The average molecular weight is 253 g/mol. The van der Waals surface area contributed by atoms with Gasteiger partial charge in [-0.1, -0.05) is 0 Å². The number of nitrogens with one attached hydrogen (secondary N) is 1. The van der Waals surface area contributed by atoms with Crippen molar-refractivity contribution in [2.24, 2.45) is 14.1 Å². The maximum Gasteiger partial charge on any atom is 0.346 e. The second-order valence-corrected chi connectivity index (χ2v) is 4.97. The summed E-state index contributed by atoms with van der Waals surface area (Å²) >= 11 is 0. The third-order valence-electron chi connectivity index (χ3n) is 3.16. The monoisotopic (exact) mass is 253 g/mol. The van der Waals surface area contributed by atoms with E-state index in [-0.39, 0.29) is 17.6 Å². The molecular formula is C11H19N5O2. The first kappa shape index (κ1) is 12.8. The van der Waals surface area contributed by atoms with Crippen molar-refractivity contribution < 1.29 is 0 Å². The van der Waals surface area contributed by atoms with Crippen LogP contribution in [-0.4, -0.2) is 39.5 Å². The van der Waals surface area contributed by atoms with E-state index in [0.29, 0.717) is 18.9 Å². The molecule has 1 aliphatic rings. The van der Waals surface area contributed by atoms with Crippen molar-refractivity contribution in [2.75, 3.05) is 18.0 Å². The molecule has 18 heavy (non-hydrogen) atoms. The lowest BCUT2D eigenvalue weighted by molar-refractivity contribution is 0.400. The van der Waals surface area contributed by atoms with E-state index in [9.17, 15) is 9.59 Å². The molecule has 0 aliphatic carbocycles. The molecule has 1 aromatic heterocycles. The van der Waals surface area contributed by atoms with Gasteiger partial charge in [0.25, 0.3) is 5.56 Å². The summed E-state index contributed by atoms with van der Waals surface area (Å²) in [6.45, 7) is 5.56. The number of hydrogen-bond acceptors (Lipinski definition) is 5. The summed E-state index contributed by atoms with van der Waals surface area (Å²) in [6.07, 6.45) is 0. The zero-order valence-electron chi connectivity index (χ0n) is 11.2. The molecule has 1 N–H and O–H groups in total. The zero-order chi connectivity index (χ0) is 13.4. The zero-order valence-corrected chi connectivity index (χ0v) is 11.2. The number of nitrogens with zero attached hydrogens (tertiary/aromatic N) is 4. The van der Waals surface area contributed by atoms with E-state index >= 15 is 0 Å². The fraction of sp³-hybridized carbons (Fsp3) is 0.727. The summed E-state index contributed by atoms with van der Waals surface area (Å²) in [6, 6.07) is 0.579. The van der Waals surface area contributed by atoms with Crippen LogP contribution < -0.4 is 21.5 Å². The second kappa shape index (κ2) is 4.56. The van der Waals surface area contributed by atoms with Crippen molar-refractivity contribution in [2.45, 2.75) is 25.9 Å². The van der Waals surface area contributed by atoms with Gasteiger partial charge in [-0.25, -0.2) is 9.48 Å². The summed E-state index contributed by atoms with van der Waals surface area (Å²) in [5.74, 6) is 0.347. The Morgan fingerprint density at radius 1 is 1.17 bits per heavy atom. The maximum absolute atomic E-state index is 12.1. The molecule has 7 heteroatoms. The fourth-order valence-electron chi connectivity index (χ4n) is 2.38. The molecule has 100 valence electrons. The summed E-state index contributed by atoms with van der Waals surface area (Å²) < 4.78 is 2.30. The van der Waals surface area contributed by atoms with Gasteiger partial charge in [-0.05, 0) is 13.8 Å². The van der Waals surface area contributed by atoms with Gasteiger partial charge in [0, 0.05) is 39.3 Å². The third kappa shape index (κ3) is 2.17. The first-order valence-electron chi connectivity index (χ1n) is 6.05. The standard InChI is InChI=1S/C11H19N5O2/c1-7-5-16(6-8(2)12-7)9-10(17)14(3)11(18)15(4)13-9/h7-8,12H,5-6H2,1-4H3. The average Bonchev–Trinajstić information content (AvgIpc) is 2.30. The summed E-state index contributed by atoms with van der Waals surface area (Å²) in [7, 11) is 3.03. The molecular weight excluding hydrogens is 234 g/mol. The van der Waals surface area contributed by atoms with Gasteiger partial charge in [-0.3, -0.25) is 9.36 Å². The Bertz CT molecular complexity index is 552. The molecule has 2 atom stereocenters. The van der Waals surface area contributed by atoms with Crippen molar-refractivity contribution in [1.82, 2.24) is 19.7 Å². The van der Waals surface area contributed by atoms with Crippen LogP contribution in [0.1, 0.15) is 13.8 Å². The maximum atomic E-state index is 12.1. The van der Waals surface area contributed by atoms with Crippen LogP contribution in [0.5, 0.6) is 0 Å². The predicted octanol–water partition coefficient (Wildman–Crippen LogP) is -1.33. The van der Waals surface area contributed by atoms with Crippen molar-refractivity contribution in [3.63, 3.8) is 0 Å². The molecule has 0 radical (unpaired) electrons. The fourth-order valence-corrected chi connectivity index (χ4v) is 2.38. The van der Waals surface area contributed by atoms with E-state index in [1.165, 1.54) is 11.7 Å². The van der Waals surface area contributed by atoms with Crippen LogP contribution in [-0.2, 0) is 14.1 Å². The second-order valence-electron chi connectivity index (χ2n) is 4.97. The number of aryl methyl sites for hydroxylation is 1. The van der Waals surface area contributed by atoms with Gasteiger partial charge in [0.15, 0.2) is 0 Å². The number of hydrogen-bond donors (Lipinski definition) is 1. The Kier molecular flexibility index (Phi) is 3.25. The van der Waals surface area contributed by atoms with E-state index in [4.69, 9.17) is 0 Å². The molecule has 0 spiro atoms. The predicted molar refractivity (Wildman–Crippen MR) is 69.0 cm³/mol. The normalized spacial score (nSPS) is 24.3. The Balaban J connectivity index is 2.45. The molecule has 0 bridgehead atoms. The Morgan fingerprint density at radius 2 is 1.72 bits per heavy atom. The number of piperazine rings is 1. The molecule has 0 amide bonds. The Labute approximate surface area is 105 Å². The van der Waals surface area contributed by atoms with E-state index in [1.54, 1.807) is 7.05 Å². The van der Waals surface area contributed by atoms with Gasteiger partial charge >= 0.3 is 5.69 Å². The van der Waals surface area contributed by atoms with E-state index < -0.39 is 5.69 Å². The van der Waals surface area contributed by atoms with Gasteiger partial charge in [0.1, 0.15) is 0 Å². The molecule has 2 unspecified atom stereocenters. The Morgan fingerprint density at radius 3 is 2.28 bits per heavy atom. The highest BCUT2D eigenvalue weighted by Gasteiger charge is 2.25. The molecule has 0 saturated carbocycles. The van der Waals surface area contributed by atoms with Gasteiger partial charge < -0.3 is 10.2 Å². The van der Waals surface area contributed by atoms with Crippen LogP contribution in [0.15, 0.2) is 9.59 Å². The minimum absolute atomic E-state index is 0.289. The SMILES string of the molecule is CC1CN(c2nn(C)c(=O)n(C)c2=O)CC(C)N1. The van der Waals surface area contributed by atoms with E-state index in [1.807, 2.05) is 4.90 Å². The molecule has 1 fully saturated rings. The third-order valence-corrected chi connectivity index (χ3v) is 3.16. The van der Waals surface area contributed by atoms with Gasteiger partial charge in [-0.15, -0.1) is 5.10 Å². The molecule has 2 rings (SSSR count). The molecule has 0 aromatic carbocycles. The first-order chi connectivity index (χ1) is 8.40.